The summed E-state index contributed by atoms with van der Waals surface area (Å²) < 4.78 is 0. The van der Waals surface area contributed by atoms with Gasteiger partial charge >= 0.3 is 0 Å². The average Bonchev–Trinajstić information content (AvgIpc) is 2.85. The summed E-state index contributed by atoms with van der Waals surface area (Å²) in [6, 6.07) is 0. The molecule has 2 aliphatic carbocycles. The topological polar surface area (TPSA) is 0 Å². The summed E-state index contributed by atoms with van der Waals surface area (Å²) in [6.45, 7) is 22.8. The normalized spacial score (nSPS) is 20.9. The van der Waals surface area contributed by atoms with Gasteiger partial charge in [-0.05, 0) is 120 Å². The fraction of sp³-hybridized carbons (Fsp3) is 0.550. The summed E-state index contributed by atoms with van der Waals surface area (Å²) in [7, 11) is 0. The standard InChI is InChI=1S/C40H56/c1-31(19-13-21-33(3)25-27-37-35(5)23-15-29-39(37,7)8)17-11-12-18-32(2)20-14-22-34(4)26-28-38-36(6)24-16-30-40(38,9)10/h11-12,17-18,22,26,28,33H,15-16,19,23-25,27,29-30H2,1-10H3/b12-11+,28-26+,31-17+,32-18+,34-22+. The van der Waals surface area contributed by atoms with Gasteiger partial charge in [-0.1, -0.05) is 117 Å². The fourth-order valence-electron chi connectivity index (χ4n) is 6.08. The highest BCUT2D eigenvalue weighted by atomic mass is 14.3. The van der Waals surface area contributed by atoms with Gasteiger partial charge in [-0.2, -0.15) is 0 Å². The van der Waals surface area contributed by atoms with Crippen LogP contribution in [0.3, 0.4) is 0 Å². The molecule has 0 bridgehead atoms. The minimum absolute atomic E-state index is 0.275. The van der Waals surface area contributed by atoms with Crippen molar-refractivity contribution in [1.82, 2.24) is 0 Å². The van der Waals surface area contributed by atoms with Crippen molar-refractivity contribution in [2.45, 2.75) is 127 Å². The first-order valence-corrected chi connectivity index (χ1v) is 15.6. The van der Waals surface area contributed by atoms with Gasteiger partial charge in [-0.25, -0.2) is 0 Å². The van der Waals surface area contributed by atoms with E-state index in [1.807, 2.05) is 6.08 Å². The van der Waals surface area contributed by atoms with Crippen LogP contribution >= 0.6 is 0 Å². The zero-order valence-corrected chi connectivity index (χ0v) is 27.5. The third-order valence-electron chi connectivity index (χ3n) is 8.69. The fourth-order valence-corrected chi connectivity index (χ4v) is 6.08. The molecule has 1 atom stereocenters. The van der Waals surface area contributed by atoms with Crippen LogP contribution in [0.4, 0.5) is 0 Å². The first-order valence-electron chi connectivity index (χ1n) is 15.6. The number of allylic oxidation sites excluding steroid dienone is 14. The quantitative estimate of drug-likeness (QED) is 0.164. The highest BCUT2D eigenvalue weighted by Gasteiger charge is 2.28. The van der Waals surface area contributed by atoms with E-state index in [2.05, 4.69) is 129 Å². The number of rotatable bonds is 8. The Labute approximate surface area is 248 Å². The summed E-state index contributed by atoms with van der Waals surface area (Å²) in [4.78, 5) is 0. The molecule has 0 aromatic carbocycles. The van der Waals surface area contributed by atoms with Crippen molar-refractivity contribution in [3.63, 3.8) is 0 Å². The molecule has 0 aromatic heterocycles. The predicted octanol–water partition coefficient (Wildman–Crippen LogP) is 11.8. The van der Waals surface area contributed by atoms with Crippen molar-refractivity contribution >= 4 is 0 Å². The monoisotopic (exact) mass is 536 g/mol. The minimum atomic E-state index is 0.275. The van der Waals surface area contributed by atoms with Crippen LogP contribution < -0.4 is 0 Å². The van der Waals surface area contributed by atoms with Crippen LogP contribution in [0.15, 0.2) is 81.5 Å². The SMILES string of the molecule is CC1=C(/C=C/C(C)=C/C#C/C(C)=C/C=C/C=C(\C)CC#CC(C)CCC2=C(C)CCCC2(C)C)C(C)(C)CCC1. The van der Waals surface area contributed by atoms with Gasteiger partial charge in [0.2, 0.25) is 0 Å². The molecular weight excluding hydrogens is 480 g/mol. The molecule has 0 N–H and O–H groups in total. The van der Waals surface area contributed by atoms with E-state index in [0.29, 0.717) is 11.3 Å². The first kappa shape index (κ1) is 33.5. The Bertz CT molecular complexity index is 1220. The van der Waals surface area contributed by atoms with Crippen LogP contribution in [0.2, 0.25) is 0 Å². The second kappa shape index (κ2) is 15.9. The molecule has 1 unspecified atom stereocenters. The molecule has 0 radical (unpaired) electrons. The molecule has 0 heterocycles. The van der Waals surface area contributed by atoms with Gasteiger partial charge in [-0.15, -0.1) is 0 Å². The average molecular weight is 537 g/mol. The van der Waals surface area contributed by atoms with Crippen molar-refractivity contribution in [2.24, 2.45) is 16.7 Å². The summed E-state index contributed by atoms with van der Waals surface area (Å²) in [5.74, 6) is 13.8. The van der Waals surface area contributed by atoms with E-state index in [9.17, 15) is 0 Å². The smallest absolute Gasteiger partial charge is 0.0299 e. The molecule has 0 aromatic rings. The van der Waals surface area contributed by atoms with Crippen molar-refractivity contribution in [3.8, 4) is 23.7 Å². The third kappa shape index (κ3) is 11.4. The molecule has 2 rings (SSSR count). The van der Waals surface area contributed by atoms with Crippen molar-refractivity contribution in [1.29, 1.82) is 0 Å². The largest absolute Gasteiger partial charge is 0.0999 e. The Hall–Kier alpha value is -2.70. The van der Waals surface area contributed by atoms with Gasteiger partial charge in [0.15, 0.2) is 0 Å². The molecule has 0 nitrogen and oxygen atoms in total. The molecule has 0 aliphatic heterocycles. The Balaban J connectivity index is 1.83. The summed E-state index contributed by atoms with van der Waals surface area (Å²) in [5.41, 5.74) is 10.5. The lowest BCUT2D eigenvalue weighted by Gasteiger charge is -2.35. The Morgan fingerprint density at radius 1 is 0.900 bits per heavy atom. The first-order chi connectivity index (χ1) is 18.8. The molecule has 0 fully saturated rings. The van der Waals surface area contributed by atoms with Crippen LogP contribution in [0.25, 0.3) is 0 Å². The maximum absolute atomic E-state index is 3.49. The summed E-state index contributed by atoms with van der Waals surface area (Å²) in [6.07, 6.45) is 25.9. The predicted molar refractivity (Wildman–Crippen MR) is 179 cm³/mol. The lowest BCUT2D eigenvalue weighted by Crippen LogP contribution is -2.20. The number of hydrogen-bond acceptors (Lipinski definition) is 0. The second-order valence-electron chi connectivity index (χ2n) is 13.6. The molecule has 216 valence electrons. The van der Waals surface area contributed by atoms with Gasteiger partial charge in [0.05, 0.1) is 0 Å². The van der Waals surface area contributed by atoms with Crippen LogP contribution in [0.1, 0.15) is 127 Å². The van der Waals surface area contributed by atoms with Crippen molar-refractivity contribution in [3.05, 3.63) is 81.5 Å². The molecule has 0 saturated heterocycles. The lowest BCUT2D eigenvalue weighted by atomic mass is 9.71. The van der Waals surface area contributed by atoms with E-state index in [1.165, 1.54) is 67.2 Å². The third-order valence-corrected chi connectivity index (χ3v) is 8.69. The summed E-state index contributed by atoms with van der Waals surface area (Å²) >= 11 is 0. The van der Waals surface area contributed by atoms with Gasteiger partial charge in [0, 0.05) is 12.3 Å². The highest BCUT2D eigenvalue weighted by Crippen LogP contribution is 2.43. The Morgan fingerprint density at radius 3 is 2.23 bits per heavy atom. The second-order valence-corrected chi connectivity index (χ2v) is 13.6. The molecule has 0 spiro atoms. The van der Waals surface area contributed by atoms with Crippen LogP contribution in [0, 0.1) is 40.4 Å². The maximum atomic E-state index is 3.49. The zero-order valence-electron chi connectivity index (χ0n) is 27.5. The van der Waals surface area contributed by atoms with Gasteiger partial charge in [-0.3, -0.25) is 0 Å². The minimum Gasteiger partial charge on any atom is -0.0999 e. The van der Waals surface area contributed by atoms with E-state index >= 15 is 0 Å². The van der Waals surface area contributed by atoms with E-state index in [-0.39, 0.29) is 5.41 Å². The van der Waals surface area contributed by atoms with E-state index in [0.717, 1.165) is 18.4 Å². The lowest BCUT2D eigenvalue weighted by molar-refractivity contribution is 0.349. The van der Waals surface area contributed by atoms with Gasteiger partial charge in [0.25, 0.3) is 0 Å². The molecule has 0 saturated carbocycles. The van der Waals surface area contributed by atoms with Crippen molar-refractivity contribution < 1.29 is 0 Å². The zero-order chi connectivity index (χ0) is 29.8. The molecule has 0 amide bonds. The van der Waals surface area contributed by atoms with Crippen LogP contribution in [-0.2, 0) is 0 Å². The van der Waals surface area contributed by atoms with Gasteiger partial charge in [0.1, 0.15) is 0 Å². The van der Waals surface area contributed by atoms with E-state index in [1.54, 1.807) is 11.1 Å². The maximum Gasteiger partial charge on any atom is 0.0299 e. The summed E-state index contributed by atoms with van der Waals surface area (Å²) in [5, 5.41) is 0. The van der Waals surface area contributed by atoms with Crippen LogP contribution in [0.5, 0.6) is 0 Å². The van der Waals surface area contributed by atoms with E-state index < -0.39 is 0 Å². The Kier molecular flexibility index (Phi) is 13.3. The molecular formula is C40H56. The number of hydrogen-bond donors (Lipinski definition) is 0. The molecule has 40 heavy (non-hydrogen) atoms. The Morgan fingerprint density at radius 2 is 1.55 bits per heavy atom. The van der Waals surface area contributed by atoms with Crippen LogP contribution in [-0.4, -0.2) is 0 Å². The molecule has 2 aliphatic rings. The van der Waals surface area contributed by atoms with Crippen molar-refractivity contribution in [2.75, 3.05) is 0 Å². The van der Waals surface area contributed by atoms with E-state index in [4.69, 9.17) is 0 Å². The van der Waals surface area contributed by atoms with Gasteiger partial charge < -0.3 is 0 Å². The molecule has 0 heteroatoms. The highest BCUT2D eigenvalue weighted by molar-refractivity contribution is 5.40.